The number of rotatable bonds is 3. The van der Waals surface area contributed by atoms with Crippen LogP contribution in [0.4, 0.5) is 0 Å². The van der Waals surface area contributed by atoms with E-state index >= 15 is 0 Å². The molecule has 9 heteroatoms. The first-order chi connectivity index (χ1) is 14.5. The molecule has 156 valence electrons. The standard InChI is InChI=1S/C21H20BrClN4O3/c1-3-13-6-12(4-5-29-13)27-19-14-7-15(22)16(23)8-17(14)30-20(19)18(25-21(27)28)11-9-24-26(2)10-11/h7-10,12-13H,3-6H2,1-2H3/t12-,13-/m0/s1. The fourth-order valence-electron chi connectivity index (χ4n) is 4.23. The van der Waals surface area contributed by atoms with Crippen molar-refractivity contribution in [3.8, 4) is 11.3 Å². The average Bonchev–Trinajstić information content (AvgIpc) is 3.32. The van der Waals surface area contributed by atoms with Crippen molar-refractivity contribution in [3.05, 3.63) is 44.5 Å². The number of hydrogen-bond acceptors (Lipinski definition) is 5. The number of fused-ring (bicyclic) bond motifs is 3. The number of hydrogen-bond donors (Lipinski definition) is 0. The molecule has 0 bridgehead atoms. The van der Waals surface area contributed by atoms with E-state index in [-0.39, 0.29) is 17.8 Å². The Hall–Kier alpha value is -2.16. The van der Waals surface area contributed by atoms with Crippen molar-refractivity contribution >= 4 is 49.6 Å². The van der Waals surface area contributed by atoms with Crippen molar-refractivity contribution in [3.63, 3.8) is 0 Å². The van der Waals surface area contributed by atoms with Crippen molar-refractivity contribution in [2.24, 2.45) is 7.05 Å². The van der Waals surface area contributed by atoms with Gasteiger partial charge in [-0.1, -0.05) is 18.5 Å². The van der Waals surface area contributed by atoms with E-state index in [2.05, 4.69) is 32.9 Å². The molecule has 7 nitrogen and oxygen atoms in total. The Bertz CT molecular complexity index is 1330. The van der Waals surface area contributed by atoms with Gasteiger partial charge in [0.25, 0.3) is 0 Å². The molecule has 0 spiro atoms. The molecule has 0 radical (unpaired) electrons. The normalized spacial score (nSPS) is 19.7. The summed E-state index contributed by atoms with van der Waals surface area (Å²) in [7, 11) is 1.82. The van der Waals surface area contributed by atoms with Crippen LogP contribution < -0.4 is 5.69 Å². The fourth-order valence-corrected chi connectivity index (χ4v) is 4.73. The molecule has 0 aliphatic carbocycles. The maximum absolute atomic E-state index is 13.3. The molecule has 4 heterocycles. The molecule has 0 unspecified atom stereocenters. The van der Waals surface area contributed by atoms with Crippen LogP contribution in [-0.4, -0.2) is 32.0 Å². The van der Waals surface area contributed by atoms with E-state index in [4.69, 9.17) is 20.8 Å². The third-order valence-corrected chi connectivity index (χ3v) is 6.91. The van der Waals surface area contributed by atoms with Crippen LogP contribution in [0.5, 0.6) is 0 Å². The Morgan fingerprint density at radius 2 is 2.20 bits per heavy atom. The maximum Gasteiger partial charge on any atom is 0.349 e. The zero-order valence-electron chi connectivity index (χ0n) is 16.6. The zero-order valence-corrected chi connectivity index (χ0v) is 18.9. The monoisotopic (exact) mass is 490 g/mol. The first kappa shape index (κ1) is 19.8. The minimum atomic E-state index is -0.295. The van der Waals surface area contributed by atoms with Crippen LogP contribution in [0.3, 0.4) is 0 Å². The molecule has 1 aliphatic heterocycles. The first-order valence-corrected chi connectivity index (χ1v) is 11.1. The highest BCUT2D eigenvalue weighted by Gasteiger charge is 2.29. The van der Waals surface area contributed by atoms with E-state index in [1.54, 1.807) is 21.5 Å². The Morgan fingerprint density at radius 3 is 2.93 bits per heavy atom. The number of aryl methyl sites for hydroxylation is 1. The smallest absolute Gasteiger partial charge is 0.349 e. The summed E-state index contributed by atoms with van der Waals surface area (Å²) >= 11 is 9.82. The second-order valence-electron chi connectivity index (χ2n) is 7.64. The molecule has 3 aromatic heterocycles. The molecule has 1 saturated heterocycles. The first-order valence-electron chi connectivity index (χ1n) is 9.90. The average molecular weight is 492 g/mol. The SMILES string of the molecule is CC[C@H]1C[C@@H](n2c(=O)nc(-c3cnn(C)c3)c3oc4cc(Cl)c(Br)cc4c32)CCO1. The van der Waals surface area contributed by atoms with Gasteiger partial charge in [0.1, 0.15) is 16.8 Å². The topological polar surface area (TPSA) is 75.1 Å². The van der Waals surface area contributed by atoms with Gasteiger partial charge < -0.3 is 9.15 Å². The lowest BCUT2D eigenvalue weighted by Crippen LogP contribution is -2.34. The third-order valence-electron chi connectivity index (χ3n) is 5.71. The van der Waals surface area contributed by atoms with Gasteiger partial charge in [0.05, 0.1) is 17.3 Å². The van der Waals surface area contributed by atoms with Crippen molar-refractivity contribution in [1.29, 1.82) is 0 Å². The number of aromatic nitrogens is 4. The van der Waals surface area contributed by atoms with Crippen molar-refractivity contribution < 1.29 is 9.15 Å². The molecule has 4 aromatic rings. The minimum Gasteiger partial charge on any atom is -0.452 e. The Kier molecular flexibility index (Phi) is 4.95. The van der Waals surface area contributed by atoms with Crippen LogP contribution in [0.2, 0.25) is 5.02 Å². The number of ether oxygens (including phenoxy) is 1. The van der Waals surface area contributed by atoms with Crippen LogP contribution in [0, 0.1) is 0 Å². The molecule has 0 saturated carbocycles. The van der Waals surface area contributed by atoms with Crippen LogP contribution in [0.1, 0.15) is 32.2 Å². The highest BCUT2D eigenvalue weighted by Crippen LogP contribution is 2.39. The van der Waals surface area contributed by atoms with Gasteiger partial charge in [-0.15, -0.1) is 0 Å². The van der Waals surface area contributed by atoms with E-state index in [1.807, 2.05) is 19.3 Å². The van der Waals surface area contributed by atoms with Gasteiger partial charge in [-0.3, -0.25) is 9.25 Å². The predicted molar refractivity (Wildman–Crippen MR) is 119 cm³/mol. The summed E-state index contributed by atoms with van der Waals surface area (Å²) < 4.78 is 16.3. The minimum absolute atomic E-state index is 0.00981. The second-order valence-corrected chi connectivity index (χ2v) is 8.90. The Morgan fingerprint density at radius 1 is 1.37 bits per heavy atom. The molecule has 0 N–H and O–H groups in total. The molecule has 1 aromatic carbocycles. The van der Waals surface area contributed by atoms with E-state index in [1.165, 1.54) is 0 Å². The summed E-state index contributed by atoms with van der Waals surface area (Å²) in [5.74, 6) is 0. The second kappa shape index (κ2) is 7.51. The lowest BCUT2D eigenvalue weighted by Gasteiger charge is -2.30. The Labute approximate surface area is 185 Å². The van der Waals surface area contributed by atoms with Gasteiger partial charge in [0.15, 0.2) is 5.58 Å². The number of furan rings is 1. The van der Waals surface area contributed by atoms with Gasteiger partial charge >= 0.3 is 5.69 Å². The summed E-state index contributed by atoms with van der Waals surface area (Å²) in [5, 5.41) is 5.60. The molecule has 5 rings (SSSR count). The molecule has 30 heavy (non-hydrogen) atoms. The lowest BCUT2D eigenvalue weighted by molar-refractivity contribution is -0.00709. The number of nitrogens with zero attached hydrogens (tertiary/aromatic N) is 4. The third kappa shape index (κ3) is 3.18. The highest BCUT2D eigenvalue weighted by atomic mass is 79.9. The molecular formula is C21H20BrClN4O3. The Balaban J connectivity index is 1.85. The summed E-state index contributed by atoms with van der Waals surface area (Å²) in [4.78, 5) is 17.8. The number of halogens is 2. The van der Waals surface area contributed by atoms with Crippen LogP contribution in [-0.2, 0) is 11.8 Å². The van der Waals surface area contributed by atoms with Gasteiger partial charge in [-0.25, -0.2) is 4.79 Å². The van der Waals surface area contributed by atoms with Crippen molar-refractivity contribution in [2.75, 3.05) is 6.61 Å². The lowest BCUT2D eigenvalue weighted by atomic mass is 10.0. The molecular weight excluding hydrogens is 472 g/mol. The summed E-state index contributed by atoms with van der Waals surface area (Å²) in [6, 6.07) is 3.66. The van der Waals surface area contributed by atoms with E-state index in [0.29, 0.717) is 28.5 Å². The van der Waals surface area contributed by atoms with Gasteiger partial charge in [-0.05, 0) is 41.3 Å². The van der Waals surface area contributed by atoms with Crippen molar-refractivity contribution in [1.82, 2.24) is 19.3 Å². The van der Waals surface area contributed by atoms with Gasteiger partial charge in [0.2, 0.25) is 0 Å². The molecule has 1 fully saturated rings. The zero-order chi connectivity index (χ0) is 21.0. The quantitative estimate of drug-likeness (QED) is 0.399. The highest BCUT2D eigenvalue weighted by molar-refractivity contribution is 9.10. The maximum atomic E-state index is 13.3. The molecule has 2 atom stereocenters. The summed E-state index contributed by atoms with van der Waals surface area (Å²) in [6.45, 7) is 2.72. The summed E-state index contributed by atoms with van der Waals surface area (Å²) in [5.41, 5.74) is 2.84. The number of benzene rings is 1. The largest absolute Gasteiger partial charge is 0.452 e. The molecule has 1 aliphatic rings. The summed E-state index contributed by atoms with van der Waals surface area (Å²) in [6.07, 6.45) is 6.06. The van der Waals surface area contributed by atoms with Crippen LogP contribution in [0.25, 0.3) is 33.3 Å². The van der Waals surface area contributed by atoms with Crippen molar-refractivity contribution in [2.45, 2.75) is 38.3 Å². The van der Waals surface area contributed by atoms with Gasteiger partial charge in [-0.2, -0.15) is 10.1 Å². The van der Waals surface area contributed by atoms with Crippen LogP contribution >= 0.6 is 27.5 Å². The van der Waals surface area contributed by atoms with Gasteiger partial charge in [0, 0.05) is 47.4 Å². The van der Waals surface area contributed by atoms with E-state index in [9.17, 15) is 4.79 Å². The predicted octanol–water partition coefficient (Wildman–Crippen LogP) is 5.09. The molecule has 0 amide bonds. The van der Waals surface area contributed by atoms with E-state index < -0.39 is 0 Å². The van der Waals surface area contributed by atoms with E-state index in [0.717, 1.165) is 40.2 Å². The fraction of sp³-hybridized carbons (Fsp3) is 0.381. The van der Waals surface area contributed by atoms with Crippen LogP contribution in [0.15, 0.2) is 38.2 Å².